The van der Waals surface area contributed by atoms with Crippen LogP contribution in [0.3, 0.4) is 0 Å². The number of methoxy groups -OCH3 is 1. The molecule has 0 unspecified atom stereocenters. The number of hydrogen-bond donors (Lipinski definition) is 0. The summed E-state index contributed by atoms with van der Waals surface area (Å²) in [6, 6.07) is 8.17. The van der Waals surface area contributed by atoms with Gasteiger partial charge in [-0.2, -0.15) is 13.2 Å². The van der Waals surface area contributed by atoms with Crippen molar-refractivity contribution >= 4 is 32.6 Å². The van der Waals surface area contributed by atoms with Gasteiger partial charge in [-0.25, -0.2) is 4.98 Å². The first-order valence-corrected chi connectivity index (χ1v) is 10.0. The van der Waals surface area contributed by atoms with Crippen LogP contribution < -0.4 is 9.64 Å². The summed E-state index contributed by atoms with van der Waals surface area (Å²) < 4.78 is 45.6. The number of likely N-dealkylation sites (N-methyl/N-ethyl adjacent to an activating group) is 1. The fourth-order valence-corrected chi connectivity index (χ4v) is 4.02. The Labute approximate surface area is 176 Å². The molecule has 160 valence electrons. The Hall–Kier alpha value is -2.65. The van der Waals surface area contributed by atoms with Crippen molar-refractivity contribution in [3.05, 3.63) is 53.1 Å². The van der Waals surface area contributed by atoms with Gasteiger partial charge in [0.15, 0.2) is 5.13 Å². The Morgan fingerprint density at radius 2 is 1.90 bits per heavy atom. The number of carbonyl (C=O) groups excluding carboxylic acids is 1. The van der Waals surface area contributed by atoms with Crippen molar-refractivity contribution in [3.63, 3.8) is 0 Å². The summed E-state index contributed by atoms with van der Waals surface area (Å²) in [5.74, 6) is 0.0517. The molecule has 0 aliphatic heterocycles. The van der Waals surface area contributed by atoms with E-state index in [9.17, 15) is 18.0 Å². The summed E-state index contributed by atoms with van der Waals surface area (Å²) in [6.45, 7) is 2.74. The van der Waals surface area contributed by atoms with Gasteiger partial charge in [0, 0.05) is 18.7 Å². The third-order valence-electron chi connectivity index (χ3n) is 4.60. The van der Waals surface area contributed by atoms with Crippen molar-refractivity contribution in [1.29, 1.82) is 0 Å². The summed E-state index contributed by atoms with van der Waals surface area (Å²) in [7, 11) is 5.26. The van der Waals surface area contributed by atoms with Gasteiger partial charge in [0.25, 0.3) is 5.91 Å². The number of nitrogens with zero attached hydrogens (tertiary/aromatic N) is 3. The Morgan fingerprint density at radius 1 is 1.17 bits per heavy atom. The summed E-state index contributed by atoms with van der Waals surface area (Å²) >= 11 is 1.32. The lowest BCUT2D eigenvalue weighted by molar-refractivity contribution is -0.137. The van der Waals surface area contributed by atoms with Gasteiger partial charge in [-0.05, 0) is 50.8 Å². The minimum atomic E-state index is -4.52. The molecule has 0 N–H and O–H groups in total. The van der Waals surface area contributed by atoms with Gasteiger partial charge in [-0.3, -0.25) is 9.69 Å². The summed E-state index contributed by atoms with van der Waals surface area (Å²) in [4.78, 5) is 21.2. The van der Waals surface area contributed by atoms with Gasteiger partial charge < -0.3 is 9.64 Å². The fraction of sp³-hybridized carbons (Fsp3) is 0.333. The number of aryl methyl sites for hydroxylation is 1. The van der Waals surface area contributed by atoms with E-state index in [2.05, 4.69) is 4.98 Å². The number of anilines is 1. The molecule has 0 aliphatic carbocycles. The lowest BCUT2D eigenvalue weighted by Gasteiger charge is -2.22. The average molecular weight is 437 g/mol. The minimum Gasteiger partial charge on any atom is -0.494 e. The zero-order valence-electron chi connectivity index (χ0n) is 17.1. The molecule has 0 fully saturated rings. The van der Waals surface area contributed by atoms with Crippen LogP contribution in [0.1, 0.15) is 21.5 Å². The number of ether oxygens (including phenoxy) is 1. The normalized spacial score (nSPS) is 11.9. The van der Waals surface area contributed by atoms with Crippen LogP contribution in [-0.4, -0.2) is 50.1 Å². The topological polar surface area (TPSA) is 45.7 Å². The molecular formula is C21H22F3N3O2S. The molecule has 0 saturated heterocycles. The molecule has 0 radical (unpaired) electrons. The molecule has 0 bridgehead atoms. The second-order valence-electron chi connectivity index (χ2n) is 7.10. The monoisotopic (exact) mass is 437 g/mol. The number of carbonyl (C=O) groups is 1. The zero-order valence-corrected chi connectivity index (χ0v) is 17.9. The highest BCUT2D eigenvalue weighted by Gasteiger charge is 2.32. The van der Waals surface area contributed by atoms with Gasteiger partial charge >= 0.3 is 6.18 Å². The number of alkyl halides is 3. The van der Waals surface area contributed by atoms with Gasteiger partial charge in [0.1, 0.15) is 11.3 Å². The largest absolute Gasteiger partial charge is 0.494 e. The van der Waals surface area contributed by atoms with E-state index in [1.807, 2.05) is 32.0 Å². The maximum absolute atomic E-state index is 13.2. The Morgan fingerprint density at radius 3 is 2.53 bits per heavy atom. The summed E-state index contributed by atoms with van der Waals surface area (Å²) in [5, 5.41) is 0.418. The quantitative estimate of drug-likeness (QED) is 0.554. The lowest BCUT2D eigenvalue weighted by Crippen LogP contribution is -2.36. The van der Waals surface area contributed by atoms with Crippen molar-refractivity contribution in [2.24, 2.45) is 0 Å². The molecule has 3 rings (SSSR count). The second kappa shape index (κ2) is 8.61. The molecule has 0 atom stereocenters. The van der Waals surface area contributed by atoms with E-state index in [1.165, 1.54) is 28.4 Å². The molecule has 5 nitrogen and oxygen atoms in total. The molecule has 0 spiro atoms. The molecule has 0 aliphatic rings. The molecule has 2 aromatic carbocycles. The number of amides is 1. The highest BCUT2D eigenvalue weighted by atomic mass is 32.1. The van der Waals surface area contributed by atoms with Crippen LogP contribution >= 0.6 is 11.3 Å². The molecule has 9 heteroatoms. The van der Waals surface area contributed by atoms with Gasteiger partial charge in [0.05, 0.1) is 17.4 Å². The summed E-state index contributed by atoms with van der Waals surface area (Å²) in [5.41, 5.74) is 0.715. The molecule has 0 saturated carbocycles. The SMILES string of the molecule is COc1ccc(C)c2sc(N(CCN(C)C)C(=O)c3cccc(C(F)(F)F)c3)nc12. The lowest BCUT2D eigenvalue weighted by atomic mass is 10.1. The molecule has 1 heterocycles. The molecule has 1 amide bonds. The van der Waals surface area contributed by atoms with E-state index < -0.39 is 17.6 Å². The predicted octanol–water partition coefficient (Wildman–Crippen LogP) is 4.84. The van der Waals surface area contributed by atoms with Crippen LogP contribution in [0.4, 0.5) is 18.3 Å². The maximum Gasteiger partial charge on any atom is 0.416 e. The number of rotatable bonds is 6. The van der Waals surface area contributed by atoms with Crippen LogP contribution in [0.2, 0.25) is 0 Å². The van der Waals surface area contributed by atoms with Crippen molar-refractivity contribution in [3.8, 4) is 5.75 Å². The third kappa shape index (κ3) is 4.57. The second-order valence-corrected chi connectivity index (χ2v) is 8.08. The smallest absolute Gasteiger partial charge is 0.416 e. The maximum atomic E-state index is 13.2. The number of aromatic nitrogens is 1. The van der Waals surface area contributed by atoms with E-state index in [-0.39, 0.29) is 12.1 Å². The minimum absolute atomic E-state index is 0.0356. The standard InChI is InChI=1S/C21H22F3N3O2S/c1-13-8-9-16(29-4)17-18(13)30-20(25-17)27(11-10-26(2)3)19(28)14-6-5-7-15(12-14)21(22,23)24/h5-9,12H,10-11H2,1-4H3. The number of fused-ring (bicyclic) bond motifs is 1. The van der Waals surface area contributed by atoms with Crippen molar-refractivity contribution in [1.82, 2.24) is 9.88 Å². The summed E-state index contributed by atoms with van der Waals surface area (Å²) in [6.07, 6.45) is -4.52. The van der Waals surface area contributed by atoms with Crippen molar-refractivity contribution in [2.75, 3.05) is 39.2 Å². The number of thiazole rings is 1. The van der Waals surface area contributed by atoms with Gasteiger partial charge in [0.2, 0.25) is 0 Å². The number of hydrogen-bond acceptors (Lipinski definition) is 5. The highest BCUT2D eigenvalue weighted by molar-refractivity contribution is 7.22. The Balaban J connectivity index is 2.07. The van der Waals surface area contributed by atoms with Crippen LogP contribution in [0.15, 0.2) is 36.4 Å². The van der Waals surface area contributed by atoms with Crippen molar-refractivity contribution in [2.45, 2.75) is 13.1 Å². The van der Waals surface area contributed by atoms with Gasteiger partial charge in [-0.1, -0.05) is 23.5 Å². The zero-order chi connectivity index (χ0) is 22.1. The van der Waals surface area contributed by atoms with E-state index in [0.29, 0.717) is 22.9 Å². The van der Waals surface area contributed by atoms with E-state index in [1.54, 1.807) is 13.2 Å². The average Bonchev–Trinajstić information content (AvgIpc) is 3.13. The first kappa shape index (κ1) is 22.0. The number of halogens is 3. The predicted molar refractivity (Wildman–Crippen MR) is 113 cm³/mol. The molecule has 30 heavy (non-hydrogen) atoms. The fourth-order valence-electron chi connectivity index (χ4n) is 2.95. The first-order valence-electron chi connectivity index (χ1n) is 9.20. The first-order chi connectivity index (χ1) is 14.1. The van der Waals surface area contributed by atoms with E-state index >= 15 is 0 Å². The van der Waals surface area contributed by atoms with Crippen LogP contribution in [-0.2, 0) is 6.18 Å². The van der Waals surface area contributed by atoms with E-state index in [4.69, 9.17) is 4.74 Å². The van der Waals surface area contributed by atoms with Gasteiger partial charge in [-0.15, -0.1) is 0 Å². The highest BCUT2D eigenvalue weighted by Crippen LogP contribution is 2.37. The van der Waals surface area contributed by atoms with Crippen LogP contribution in [0.25, 0.3) is 10.2 Å². The number of benzene rings is 2. The molecule has 3 aromatic rings. The van der Waals surface area contributed by atoms with Crippen LogP contribution in [0, 0.1) is 6.92 Å². The molecule has 1 aromatic heterocycles. The van der Waals surface area contributed by atoms with E-state index in [0.717, 1.165) is 22.4 Å². The van der Waals surface area contributed by atoms with Crippen molar-refractivity contribution < 1.29 is 22.7 Å². The molecular weight excluding hydrogens is 415 g/mol. The third-order valence-corrected chi connectivity index (χ3v) is 5.81. The Bertz CT molecular complexity index is 1060. The van der Waals surface area contributed by atoms with Crippen LogP contribution in [0.5, 0.6) is 5.75 Å². The Kier molecular flexibility index (Phi) is 6.33.